The summed E-state index contributed by atoms with van der Waals surface area (Å²) in [6, 6.07) is 13.6. The van der Waals surface area contributed by atoms with Crippen molar-refractivity contribution in [2.24, 2.45) is 0 Å². The number of nitrogens with zero attached hydrogens (tertiary/aromatic N) is 2. The lowest BCUT2D eigenvalue weighted by molar-refractivity contribution is 0.0710. The molecule has 1 amide bonds. The van der Waals surface area contributed by atoms with Gasteiger partial charge < -0.3 is 13.7 Å². The van der Waals surface area contributed by atoms with Crippen LogP contribution in [0.25, 0.3) is 11.5 Å². The van der Waals surface area contributed by atoms with Crippen molar-refractivity contribution in [3.8, 4) is 11.5 Å². The average molecular weight is 322 g/mol. The fraction of sp³-hybridized carbons (Fsp3) is 0.263. The number of carbonyl (C=O) groups is 1. The summed E-state index contributed by atoms with van der Waals surface area (Å²) in [4.78, 5) is 19.3. The molecule has 1 aliphatic rings. The molecule has 0 saturated heterocycles. The van der Waals surface area contributed by atoms with Gasteiger partial charge in [-0.25, -0.2) is 4.98 Å². The molecule has 2 aromatic heterocycles. The minimum Gasteiger partial charge on any atom is -0.467 e. The van der Waals surface area contributed by atoms with Crippen LogP contribution in [0.15, 0.2) is 57.6 Å². The van der Waals surface area contributed by atoms with E-state index in [1.165, 1.54) is 0 Å². The number of rotatable bonds is 5. The average Bonchev–Trinajstić information content (AvgIpc) is 3.17. The number of hydrogen-bond acceptors (Lipinski definition) is 4. The van der Waals surface area contributed by atoms with E-state index in [4.69, 9.17) is 8.83 Å². The molecule has 4 rings (SSSR count). The molecular weight excluding hydrogens is 304 g/mol. The van der Waals surface area contributed by atoms with E-state index in [1.54, 1.807) is 13.2 Å². The Morgan fingerprint density at radius 1 is 1.21 bits per heavy atom. The first-order valence-corrected chi connectivity index (χ1v) is 8.08. The molecule has 122 valence electrons. The minimum atomic E-state index is -0.0997. The number of aromatic nitrogens is 1. The number of furan rings is 1. The van der Waals surface area contributed by atoms with Gasteiger partial charge in [0.1, 0.15) is 11.5 Å². The predicted molar refractivity (Wildman–Crippen MR) is 88.3 cm³/mol. The quantitative estimate of drug-likeness (QED) is 0.711. The number of carbonyl (C=O) groups excluding carboxylic acids is 1. The van der Waals surface area contributed by atoms with Crippen molar-refractivity contribution in [3.63, 3.8) is 0 Å². The molecule has 0 spiro atoms. The zero-order chi connectivity index (χ0) is 16.5. The molecule has 0 N–H and O–H groups in total. The van der Waals surface area contributed by atoms with Crippen molar-refractivity contribution in [1.29, 1.82) is 0 Å². The molecular formula is C19H18N2O3. The molecule has 1 aliphatic carbocycles. The van der Waals surface area contributed by atoms with Gasteiger partial charge in [0.25, 0.3) is 5.91 Å². The van der Waals surface area contributed by atoms with Gasteiger partial charge in [-0.3, -0.25) is 4.79 Å². The van der Waals surface area contributed by atoms with Crippen LogP contribution < -0.4 is 0 Å². The maximum Gasteiger partial charge on any atom is 0.276 e. The highest BCUT2D eigenvalue weighted by atomic mass is 16.4. The summed E-state index contributed by atoms with van der Waals surface area (Å²) in [5, 5.41) is 0. The van der Waals surface area contributed by atoms with E-state index >= 15 is 0 Å². The molecule has 0 aliphatic heterocycles. The standard InChI is InChI=1S/C19H18N2O3/c1-13-17(20-18(24-13)14-6-3-2-4-7-14)19(22)21(15-9-10-15)12-16-8-5-11-23-16/h2-8,11,15H,9-10,12H2,1H3. The summed E-state index contributed by atoms with van der Waals surface area (Å²) < 4.78 is 11.1. The third-order valence-electron chi connectivity index (χ3n) is 4.17. The molecule has 1 saturated carbocycles. The van der Waals surface area contributed by atoms with Crippen LogP contribution in [-0.2, 0) is 6.54 Å². The van der Waals surface area contributed by atoms with E-state index in [0.29, 0.717) is 23.9 Å². The Balaban J connectivity index is 1.62. The second kappa shape index (κ2) is 6.00. The SMILES string of the molecule is Cc1oc(-c2ccccc2)nc1C(=O)N(Cc1ccco1)C1CC1. The summed E-state index contributed by atoms with van der Waals surface area (Å²) in [7, 11) is 0. The van der Waals surface area contributed by atoms with Crippen LogP contribution >= 0.6 is 0 Å². The number of oxazole rings is 1. The molecule has 5 heteroatoms. The van der Waals surface area contributed by atoms with Crippen molar-refractivity contribution in [2.75, 3.05) is 0 Å². The maximum atomic E-state index is 13.0. The molecule has 0 unspecified atom stereocenters. The van der Waals surface area contributed by atoms with E-state index in [1.807, 2.05) is 47.4 Å². The molecule has 2 heterocycles. The van der Waals surface area contributed by atoms with Crippen molar-refractivity contribution in [3.05, 3.63) is 65.9 Å². The third kappa shape index (κ3) is 2.85. The molecule has 0 bridgehead atoms. The van der Waals surface area contributed by atoms with Crippen LogP contribution in [0.1, 0.15) is 34.9 Å². The lowest BCUT2D eigenvalue weighted by atomic mass is 10.2. The van der Waals surface area contributed by atoms with Crippen LogP contribution in [0, 0.1) is 6.92 Å². The summed E-state index contributed by atoms with van der Waals surface area (Å²) in [6.45, 7) is 2.24. The zero-order valence-corrected chi connectivity index (χ0v) is 13.4. The van der Waals surface area contributed by atoms with E-state index in [0.717, 1.165) is 24.2 Å². The molecule has 1 fully saturated rings. The van der Waals surface area contributed by atoms with Gasteiger partial charge in [-0.1, -0.05) is 18.2 Å². The highest BCUT2D eigenvalue weighted by molar-refractivity contribution is 5.94. The van der Waals surface area contributed by atoms with Gasteiger partial charge >= 0.3 is 0 Å². The van der Waals surface area contributed by atoms with Gasteiger partial charge in [0, 0.05) is 11.6 Å². The first-order chi connectivity index (χ1) is 11.7. The summed E-state index contributed by atoms with van der Waals surface area (Å²) in [5.41, 5.74) is 1.25. The minimum absolute atomic E-state index is 0.0997. The van der Waals surface area contributed by atoms with Gasteiger partial charge in [-0.2, -0.15) is 0 Å². The molecule has 24 heavy (non-hydrogen) atoms. The normalized spacial score (nSPS) is 13.9. The number of benzene rings is 1. The highest BCUT2D eigenvalue weighted by Crippen LogP contribution is 2.31. The number of aryl methyl sites for hydroxylation is 1. The van der Waals surface area contributed by atoms with E-state index in [-0.39, 0.29) is 11.9 Å². The van der Waals surface area contributed by atoms with E-state index in [2.05, 4.69) is 4.98 Å². The first-order valence-electron chi connectivity index (χ1n) is 8.08. The summed E-state index contributed by atoms with van der Waals surface area (Å²) in [6.07, 6.45) is 3.67. The lowest BCUT2D eigenvalue weighted by Crippen LogP contribution is -2.33. The molecule has 1 aromatic carbocycles. The fourth-order valence-electron chi connectivity index (χ4n) is 2.76. The second-order valence-corrected chi connectivity index (χ2v) is 6.03. The van der Waals surface area contributed by atoms with Crippen LogP contribution in [0.3, 0.4) is 0 Å². The van der Waals surface area contributed by atoms with Crippen LogP contribution in [0.4, 0.5) is 0 Å². The Kier molecular flexibility index (Phi) is 3.69. The van der Waals surface area contributed by atoms with Crippen LogP contribution in [0.5, 0.6) is 0 Å². The van der Waals surface area contributed by atoms with Crippen molar-refractivity contribution >= 4 is 5.91 Å². The topological polar surface area (TPSA) is 59.5 Å². The molecule has 5 nitrogen and oxygen atoms in total. The van der Waals surface area contributed by atoms with Crippen molar-refractivity contribution in [1.82, 2.24) is 9.88 Å². The number of hydrogen-bond donors (Lipinski definition) is 0. The van der Waals surface area contributed by atoms with Gasteiger partial charge in [0.05, 0.1) is 12.8 Å². The van der Waals surface area contributed by atoms with Gasteiger partial charge in [-0.05, 0) is 44.0 Å². The zero-order valence-electron chi connectivity index (χ0n) is 13.4. The Morgan fingerprint density at radius 2 is 2.00 bits per heavy atom. The Labute approximate surface area is 139 Å². The van der Waals surface area contributed by atoms with Crippen molar-refractivity contribution in [2.45, 2.75) is 32.4 Å². The van der Waals surface area contributed by atoms with E-state index < -0.39 is 0 Å². The molecule has 0 radical (unpaired) electrons. The third-order valence-corrected chi connectivity index (χ3v) is 4.17. The Hall–Kier alpha value is -2.82. The first kappa shape index (κ1) is 14.8. The Bertz CT molecular complexity index is 833. The highest BCUT2D eigenvalue weighted by Gasteiger charge is 2.35. The summed E-state index contributed by atoms with van der Waals surface area (Å²) >= 11 is 0. The molecule has 3 aromatic rings. The van der Waals surface area contributed by atoms with Gasteiger partial charge in [-0.15, -0.1) is 0 Å². The lowest BCUT2D eigenvalue weighted by Gasteiger charge is -2.20. The predicted octanol–water partition coefficient (Wildman–Crippen LogP) is 4.05. The van der Waals surface area contributed by atoms with Gasteiger partial charge in [0.2, 0.25) is 5.89 Å². The number of amides is 1. The maximum absolute atomic E-state index is 13.0. The largest absolute Gasteiger partial charge is 0.467 e. The molecule has 0 atom stereocenters. The van der Waals surface area contributed by atoms with Gasteiger partial charge in [0.15, 0.2) is 5.69 Å². The summed E-state index contributed by atoms with van der Waals surface area (Å²) in [5.74, 6) is 1.70. The van der Waals surface area contributed by atoms with Crippen LogP contribution in [0.2, 0.25) is 0 Å². The monoisotopic (exact) mass is 322 g/mol. The van der Waals surface area contributed by atoms with E-state index in [9.17, 15) is 4.79 Å². The van der Waals surface area contributed by atoms with Crippen molar-refractivity contribution < 1.29 is 13.6 Å². The fourth-order valence-corrected chi connectivity index (χ4v) is 2.76. The Morgan fingerprint density at radius 3 is 2.67 bits per heavy atom. The smallest absolute Gasteiger partial charge is 0.276 e. The van der Waals surface area contributed by atoms with Crippen LogP contribution in [-0.4, -0.2) is 21.8 Å². The second-order valence-electron chi connectivity index (χ2n) is 6.03.